The molecule has 2 rings (SSSR count). The van der Waals surface area contributed by atoms with Crippen molar-refractivity contribution in [3.63, 3.8) is 0 Å². The van der Waals surface area contributed by atoms with Gasteiger partial charge in [-0.25, -0.2) is 0 Å². The Morgan fingerprint density at radius 2 is 1.90 bits per heavy atom. The summed E-state index contributed by atoms with van der Waals surface area (Å²) in [4.78, 5) is 12.8. The van der Waals surface area contributed by atoms with Crippen molar-refractivity contribution in [3.8, 4) is 0 Å². The minimum absolute atomic E-state index is 0.0710. The summed E-state index contributed by atoms with van der Waals surface area (Å²) in [6, 6.07) is 8.49. The minimum atomic E-state index is -0.168. The number of aryl methyl sites for hydroxylation is 1. The monoisotopic (exact) mass is 288 g/mol. The molecule has 0 aromatic heterocycles. The number of rotatable bonds is 5. The van der Waals surface area contributed by atoms with Gasteiger partial charge in [-0.2, -0.15) is 0 Å². The Kier molecular flexibility index (Phi) is 5.40. The zero-order valence-corrected chi connectivity index (χ0v) is 13.5. The smallest absolute Gasteiger partial charge is 0.226 e. The fraction of sp³-hybridized carbons (Fsp3) is 0.611. The van der Waals surface area contributed by atoms with Gasteiger partial charge in [0.05, 0.1) is 11.5 Å². The van der Waals surface area contributed by atoms with E-state index >= 15 is 0 Å². The van der Waals surface area contributed by atoms with E-state index in [4.69, 9.17) is 0 Å². The predicted octanol–water partition coefficient (Wildman–Crippen LogP) is 3.34. The van der Waals surface area contributed by atoms with Crippen LogP contribution in [0.4, 0.5) is 0 Å². The topological polar surface area (TPSA) is 41.1 Å². The van der Waals surface area contributed by atoms with E-state index < -0.39 is 0 Å². The molecule has 21 heavy (non-hydrogen) atoms. The Balaban J connectivity index is 2.05. The van der Waals surface area contributed by atoms with Crippen LogP contribution in [0.5, 0.6) is 0 Å². The normalized spacial score (nSPS) is 19.0. The van der Waals surface area contributed by atoms with Gasteiger partial charge in [0.1, 0.15) is 0 Å². The molecule has 1 atom stereocenters. The third-order valence-electron chi connectivity index (χ3n) is 4.70. The van der Waals surface area contributed by atoms with Gasteiger partial charge in [0.15, 0.2) is 0 Å². The Morgan fingerprint density at radius 3 is 2.48 bits per heavy atom. The van der Waals surface area contributed by atoms with Crippen LogP contribution < -0.4 is 10.6 Å². The van der Waals surface area contributed by atoms with Gasteiger partial charge < -0.3 is 10.6 Å². The number of nitrogens with one attached hydrogen (secondary N) is 2. The molecular formula is C18H28N2O. The molecule has 1 aromatic carbocycles. The lowest BCUT2D eigenvalue weighted by Gasteiger charge is -2.37. The molecule has 0 aliphatic carbocycles. The highest BCUT2D eigenvalue weighted by atomic mass is 16.2. The molecule has 0 bridgehead atoms. The molecule has 1 amide bonds. The number of benzene rings is 1. The van der Waals surface area contributed by atoms with Gasteiger partial charge >= 0.3 is 0 Å². The molecule has 2 N–H and O–H groups in total. The number of hydrogen-bond acceptors (Lipinski definition) is 2. The molecule has 0 unspecified atom stereocenters. The Bertz CT molecular complexity index is 455. The first-order valence-corrected chi connectivity index (χ1v) is 8.16. The molecule has 0 spiro atoms. The van der Waals surface area contributed by atoms with Crippen molar-refractivity contribution in [2.24, 2.45) is 5.41 Å². The van der Waals surface area contributed by atoms with Crippen LogP contribution in [0.15, 0.2) is 24.3 Å². The van der Waals surface area contributed by atoms with E-state index in [0.717, 1.165) is 38.8 Å². The van der Waals surface area contributed by atoms with E-state index in [0.29, 0.717) is 0 Å². The molecule has 3 nitrogen and oxygen atoms in total. The average molecular weight is 288 g/mol. The maximum absolute atomic E-state index is 12.8. The van der Waals surface area contributed by atoms with Gasteiger partial charge in [0, 0.05) is 0 Å². The summed E-state index contributed by atoms with van der Waals surface area (Å²) in [6.45, 7) is 8.22. The molecule has 1 aliphatic rings. The molecule has 116 valence electrons. The zero-order valence-electron chi connectivity index (χ0n) is 13.5. The Hall–Kier alpha value is -1.35. The fourth-order valence-corrected chi connectivity index (χ4v) is 3.26. The van der Waals surface area contributed by atoms with Crippen LogP contribution in [0.3, 0.4) is 0 Å². The van der Waals surface area contributed by atoms with Gasteiger partial charge in [-0.3, -0.25) is 4.79 Å². The molecule has 0 radical (unpaired) electrons. The zero-order chi connectivity index (χ0) is 15.3. The van der Waals surface area contributed by atoms with Gasteiger partial charge in [-0.1, -0.05) is 43.2 Å². The number of carbonyl (C=O) groups is 1. The molecule has 1 heterocycles. The number of piperidine rings is 1. The summed E-state index contributed by atoms with van der Waals surface area (Å²) in [5, 5.41) is 6.61. The highest BCUT2D eigenvalue weighted by molar-refractivity contribution is 5.83. The van der Waals surface area contributed by atoms with E-state index in [9.17, 15) is 4.79 Å². The molecule has 1 aromatic rings. The summed E-state index contributed by atoms with van der Waals surface area (Å²) in [5.41, 5.74) is 2.26. The number of hydrogen-bond donors (Lipinski definition) is 2. The van der Waals surface area contributed by atoms with Crippen LogP contribution in [0, 0.1) is 12.3 Å². The third kappa shape index (κ3) is 3.85. The van der Waals surface area contributed by atoms with Crippen LogP contribution >= 0.6 is 0 Å². The minimum Gasteiger partial charge on any atom is -0.349 e. The maximum atomic E-state index is 12.8. The largest absolute Gasteiger partial charge is 0.349 e. The number of carbonyl (C=O) groups excluding carboxylic acids is 1. The third-order valence-corrected chi connectivity index (χ3v) is 4.70. The van der Waals surface area contributed by atoms with Gasteiger partial charge in [0.25, 0.3) is 0 Å². The molecule has 1 aliphatic heterocycles. The lowest BCUT2D eigenvalue weighted by Crippen LogP contribution is -2.48. The lowest BCUT2D eigenvalue weighted by molar-refractivity contribution is -0.133. The van der Waals surface area contributed by atoms with E-state index in [2.05, 4.69) is 55.7 Å². The highest BCUT2D eigenvalue weighted by Crippen LogP contribution is 2.35. The van der Waals surface area contributed by atoms with Crippen LogP contribution in [-0.4, -0.2) is 19.0 Å². The summed E-state index contributed by atoms with van der Waals surface area (Å²) in [6.07, 6.45) is 3.95. The molecule has 0 saturated carbocycles. The quantitative estimate of drug-likeness (QED) is 0.872. The second-order valence-corrected chi connectivity index (χ2v) is 6.39. The van der Waals surface area contributed by atoms with E-state index in [1.165, 1.54) is 11.1 Å². The van der Waals surface area contributed by atoms with Crippen molar-refractivity contribution in [1.82, 2.24) is 10.6 Å². The van der Waals surface area contributed by atoms with Crippen molar-refractivity contribution in [3.05, 3.63) is 35.4 Å². The van der Waals surface area contributed by atoms with Crippen molar-refractivity contribution in [2.45, 2.75) is 52.5 Å². The SMILES string of the molecule is CCCC1(C(=O)N[C@H](C)c2ccc(C)cc2)CCNCC1. The second kappa shape index (κ2) is 7.08. The van der Waals surface area contributed by atoms with Crippen molar-refractivity contribution < 1.29 is 4.79 Å². The number of amides is 1. The fourth-order valence-electron chi connectivity index (χ4n) is 3.26. The van der Waals surface area contributed by atoms with Crippen molar-refractivity contribution in [1.29, 1.82) is 0 Å². The van der Waals surface area contributed by atoms with Gasteiger partial charge in [-0.15, -0.1) is 0 Å². The molecule has 1 saturated heterocycles. The van der Waals surface area contributed by atoms with Crippen LogP contribution in [0.25, 0.3) is 0 Å². The summed E-state index contributed by atoms with van der Waals surface area (Å²) < 4.78 is 0. The Morgan fingerprint density at radius 1 is 1.29 bits per heavy atom. The molecular weight excluding hydrogens is 260 g/mol. The second-order valence-electron chi connectivity index (χ2n) is 6.39. The summed E-state index contributed by atoms with van der Waals surface area (Å²) in [7, 11) is 0. The predicted molar refractivity (Wildman–Crippen MR) is 87.2 cm³/mol. The summed E-state index contributed by atoms with van der Waals surface area (Å²) >= 11 is 0. The average Bonchev–Trinajstić information content (AvgIpc) is 2.49. The van der Waals surface area contributed by atoms with Crippen molar-refractivity contribution in [2.75, 3.05) is 13.1 Å². The van der Waals surface area contributed by atoms with Crippen LogP contribution in [0.1, 0.15) is 56.7 Å². The van der Waals surface area contributed by atoms with Gasteiger partial charge in [0.2, 0.25) is 5.91 Å². The lowest BCUT2D eigenvalue weighted by atomic mass is 9.74. The first-order valence-electron chi connectivity index (χ1n) is 8.16. The van der Waals surface area contributed by atoms with E-state index in [-0.39, 0.29) is 17.4 Å². The first kappa shape index (κ1) is 16.0. The highest BCUT2D eigenvalue weighted by Gasteiger charge is 2.38. The first-order chi connectivity index (χ1) is 10.1. The van der Waals surface area contributed by atoms with E-state index in [1.54, 1.807) is 0 Å². The van der Waals surface area contributed by atoms with E-state index in [1.807, 2.05) is 0 Å². The van der Waals surface area contributed by atoms with Crippen molar-refractivity contribution >= 4 is 5.91 Å². The Labute approximate surface area is 128 Å². The maximum Gasteiger partial charge on any atom is 0.226 e. The van der Waals surface area contributed by atoms with Crippen LogP contribution in [0.2, 0.25) is 0 Å². The van der Waals surface area contributed by atoms with Crippen LogP contribution in [-0.2, 0) is 4.79 Å². The van der Waals surface area contributed by atoms with Gasteiger partial charge in [-0.05, 0) is 51.8 Å². The summed E-state index contributed by atoms with van der Waals surface area (Å²) in [5.74, 6) is 0.235. The standard InChI is InChI=1S/C18H28N2O/c1-4-9-18(10-12-19-13-11-18)17(21)20-15(3)16-7-5-14(2)6-8-16/h5-8,15,19H,4,9-13H2,1-3H3,(H,20,21)/t15-/m1/s1. The molecule has 1 fully saturated rings. The molecule has 3 heteroatoms.